The molecule has 1 N–H and O–H groups in total. The Morgan fingerprint density at radius 3 is 2.83 bits per heavy atom. The van der Waals surface area contributed by atoms with Gasteiger partial charge in [0.15, 0.2) is 17.1 Å². The van der Waals surface area contributed by atoms with Crippen LogP contribution in [0.3, 0.4) is 0 Å². The van der Waals surface area contributed by atoms with Gasteiger partial charge in [-0.1, -0.05) is 42.5 Å². The molecular formula is C20H18N6O3. The molecule has 0 saturated heterocycles. The van der Waals surface area contributed by atoms with Gasteiger partial charge in [-0.25, -0.2) is 5.43 Å². The third-order valence-electron chi connectivity index (χ3n) is 4.20. The molecule has 0 atom stereocenters. The maximum absolute atomic E-state index is 12.2. The lowest BCUT2D eigenvalue weighted by atomic mass is 10.2. The van der Waals surface area contributed by atoms with E-state index >= 15 is 0 Å². The van der Waals surface area contributed by atoms with E-state index in [0.29, 0.717) is 28.6 Å². The van der Waals surface area contributed by atoms with Gasteiger partial charge in [0.2, 0.25) is 5.82 Å². The van der Waals surface area contributed by atoms with Crippen molar-refractivity contribution in [1.82, 2.24) is 25.6 Å². The van der Waals surface area contributed by atoms with Crippen molar-refractivity contribution in [2.24, 2.45) is 5.10 Å². The molecule has 2 aromatic heterocycles. The highest BCUT2D eigenvalue weighted by Crippen LogP contribution is 2.28. The monoisotopic (exact) mass is 390 g/mol. The second kappa shape index (κ2) is 7.93. The largest absolute Gasteiger partial charge is 0.493 e. The minimum absolute atomic E-state index is 0.107. The number of ether oxygens (including phenoxy) is 1. The van der Waals surface area contributed by atoms with Gasteiger partial charge < -0.3 is 9.15 Å². The van der Waals surface area contributed by atoms with Crippen molar-refractivity contribution < 1.29 is 13.9 Å². The van der Waals surface area contributed by atoms with Crippen molar-refractivity contribution in [3.63, 3.8) is 0 Å². The van der Waals surface area contributed by atoms with Gasteiger partial charge in [0, 0.05) is 10.9 Å². The lowest BCUT2D eigenvalue weighted by molar-refractivity contribution is -0.122. The molecule has 0 aliphatic carbocycles. The van der Waals surface area contributed by atoms with Crippen molar-refractivity contribution >= 4 is 22.6 Å². The van der Waals surface area contributed by atoms with E-state index in [9.17, 15) is 4.79 Å². The van der Waals surface area contributed by atoms with Crippen molar-refractivity contribution in [1.29, 1.82) is 0 Å². The van der Waals surface area contributed by atoms with Crippen LogP contribution in [0.2, 0.25) is 0 Å². The number of hydrogen-bond donors (Lipinski definition) is 1. The van der Waals surface area contributed by atoms with Crippen LogP contribution in [0.1, 0.15) is 12.7 Å². The molecule has 9 nitrogen and oxygen atoms in total. The normalized spacial score (nSPS) is 11.6. The number of tetrazole rings is 1. The summed E-state index contributed by atoms with van der Waals surface area (Å²) >= 11 is 0. The fourth-order valence-electron chi connectivity index (χ4n) is 2.75. The Morgan fingerprint density at radius 2 is 2.03 bits per heavy atom. The lowest BCUT2D eigenvalue weighted by Crippen LogP contribution is -2.25. The standard InChI is InChI=1S/C20H18N6O3/c1-13(17-11-15-9-6-10-16(28-2)19(15)29-17)21-22-18(27)12-26-24-20(23-25-26)14-7-4-3-5-8-14/h3-11H,12H2,1-2H3,(H,22,27)/b21-13-. The molecule has 4 aromatic rings. The summed E-state index contributed by atoms with van der Waals surface area (Å²) in [5.74, 6) is 1.25. The van der Waals surface area contributed by atoms with Crippen LogP contribution in [0.4, 0.5) is 0 Å². The van der Waals surface area contributed by atoms with Crippen molar-refractivity contribution in [2.45, 2.75) is 13.5 Å². The van der Waals surface area contributed by atoms with Gasteiger partial charge in [-0.15, -0.1) is 10.2 Å². The number of methoxy groups -OCH3 is 1. The lowest BCUT2D eigenvalue weighted by Gasteiger charge is -2.00. The molecule has 0 radical (unpaired) electrons. The van der Waals surface area contributed by atoms with Crippen LogP contribution in [-0.2, 0) is 11.3 Å². The molecule has 29 heavy (non-hydrogen) atoms. The zero-order valence-corrected chi connectivity index (χ0v) is 15.9. The fraction of sp³-hybridized carbons (Fsp3) is 0.150. The second-order valence-corrected chi connectivity index (χ2v) is 6.23. The predicted octanol–water partition coefficient (Wildman–Crippen LogP) is 2.64. The van der Waals surface area contributed by atoms with Crippen LogP contribution in [0.25, 0.3) is 22.4 Å². The minimum Gasteiger partial charge on any atom is -0.493 e. The number of furan rings is 1. The molecule has 4 rings (SSSR count). The fourth-order valence-corrected chi connectivity index (χ4v) is 2.75. The number of nitrogens with one attached hydrogen (secondary N) is 1. The number of benzene rings is 2. The van der Waals surface area contributed by atoms with Gasteiger partial charge in [-0.3, -0.25) is 4.79 Å². The summed E-state index contributed by atoms with van der Waals surface area (Å²) in [4.78, 5) is 13.4. The highest BCUT2D eigenvalue weighted by molar-refractivity contribution is 6.01. The SMILES string of the molecule is COc1cccc2cc(/C(C)=N\NC(=O)Cn3nnc(-c4ccccc4)n3)oc12. The van der Waals surface area contributed by atoms with Gasteiger partial charge in [-0.05, 0) is 24.3 Å². The molecule has 9 heteroatoms. The van der Waals surface area contributed by atoms with E-state index < -0.39 is 0 Å². The first-order chi connectivity index (χ1) is 14.1. The molecule has 0 aliphatic heterocycles. The van der Waals surface area contributed by atoms with Crippen LogP contribution in [0, 0.1) is 0 Å². The number of fused-ring (bicyclic) bond motifs is 1. The first-order valence-electron chi connectivity index (χ1n) is 8.87. The molecule has 0 unspecified atom stereocenters. The van der Waals surface area contributed by atoms with E-state index in [1.54, 1.807) is 14.0 Å². The first kappa shape index (κ1) is 18.4. The second-order valence-electron chi connectivity index (χ2n) is 6.23. The van der Waals surface area contributed by atoms with E-state index in [2.05, 4.69) is 25.9 Å². The molecule has 0 fully saturated rings. The Morgan fingerprint density at radius 1 is 1.21 bits per heavy atom. The number of carbonyl (C=O) groups is 1. The van der Waals surface area contributed by atoms with Gasteiger partial charge in [0.25, 0.3) is 5.91 Å². The molecule has 0 aliphatic rings. The minimum atomic E-state index is -0.380. The van der Waals surface area contributed by atoms with Crippen molar-refractivity contribution in [3.8, 4) is 17.1 Å². The van der Waals surface area contributed by atoms with E-state index in [1.165, 1.54) is 4.80 Å². The number of para-hydroxylation sites is 1. The number of aromatic nitrogens is 4. The third kappa shape index (κ3) is 3.98. The molecule has 2 heterocycles. The van der Waals surface area contributed by atoms with Crippen LogP contribution in [0.15, 0.2) is 64.1 Å². The predicted molar refractivity (Wildman–Crippen MR) is 106 cm³/mol. The molecule has 2 aromatic carbocycles. The highest BCUT2D eigenvalue weighted by atomic mass is 16.5. The van der Waals surface area contributed by atoms with E-state index in [4.69, 9.17) is 9.15 Å². The van der Waals surface area contributed by atoms with E-state index in [1.807, 2.05) is 54.6 Å². The number of hydrogen-bond acceptors (Lipinski definition) is 7. The average molecular weight is 390 g/mol. The molecule has 0 saturated carbocycles. The molecule has 146 valence electrons. The zero-order valence-electron chi connectivity index (χ0n) is 15.9. The number of carbonyl (C=O) groups excluding carboxylic acids is 1. The van der Waals surface area contributed by atoms with Crippen LogP contribution in [0.5, 0.6) is 5.75 Å². The Bertz CT molecular complexity index is 1180. The molecule has 1 amide bonds. The summed E-state index contributed by atoms with van der Waals surface area (Å²) in [6.07, 6.45) is 0. The van der Waals surface area contributed by atoms with Crippen LogP contribution < -0.4 is 10.2 Å². The number of amides is 1. The van der Waals surface area contributed by atoms with Gasteiger partial charge >= 0.3 is 0 Å². The van der Waals surface area contributed by atoms with Crippen LogP contribution >= 0.6 is 0 Å². The zero-order chi connectivity index (χ0) is 20.2. The van der Waals surface area contributed by atoms with Crippen molar-refractivity contribution in [3.05, 3.63) is 60.4 Å². The molecule has 0 bridgehead atoms. The van der Waals surface area contributed by atoms with Crippen LogP contribution in [-0.4, -0.2) is 38.9 Å². The van der Waals surface area contributed by atoms with E-state index in [-0.39, 0.29) is 12.5 Å². The van der Waals surface area contributed by atoms with Crippen molar-refractivity contribution in [2.75, 3.05) is 7.11 Å². The van der Waals surface area contributed by atoms with E-state index in [0.717, 1.165) is 10.9 Å². The van der Waals surface area contributed by atoms with Gasteiger partial charge in [-0.2, -0.15) is 9.90 Å². The summed E-state index contributed by atoms with van der Waals surface area (Å²) < 4.78 is 11.1. The Balaban J connectivity index is 1.42. The number of rotatable bonds is 6. The average Bonchev–Trinajstić information content (AvgIpc) is 3.39. The smallest absolute Gasteiger partial charge is 0.263 e. The highest BCUT2D eigenvalue weighted by Gasteiger charge is 2.12. The quantitative estimate of drug-likeness (QED) is 0.401. The summed E-state index contributed by atoms with van der Waals surface area (Å²) in [6.45, 7) is 1.64. The maximum Gasteiger partial charge on any atom is 0.263 e. The maximum atomic E-state index is 12.2. The summed E-state index contributed by atoms with van der Waals surface area (Å²) in [5, 5.41) is 17.1. The summed E-state index contributed by atoms with van der Waals surface area (Å²) in [5.41, 5.74) is 4.46. The number of nitrogens with zero attached hydrogens (tertiary/aromatic N) is 5. The first-order valence-corrected chi connectivity index (χ1v) is 8.87. The Labute approximate surface area is 166 Å². The number of hydrazone groups is 1. The topological polar surface area (TPSA) is 107 Å². The Hall–Kier alpha value is -4.01. The third-order valence-corrected chi connectivity index (χ3v) is 4.20. The molecule has 0 spiro atoms. The summed E-state index contributed by atoms with van der Waals surface area (Å²) in [6, 6.07) is 16.9. The van der Waals surface area contributed by atoms with Gasteiger partial charge in [0.05, 0.1) is 7.11 Å². The Kier molecular flexibility index (Phi) is 5.02. The summed E-state index contributed by atoms with van der Waals surface area (Å²) in [7, 11) is 1.58. The van der Waals surface area contributed by atoms with Gasteiger partial charge in [0.1, 0.15) is 12.3 Å². The molecular weight excluding hydrogens is 372 g/mol.